The normalized spacial score (nSPS) is 11.1. The summed E-state index contributed by atoms with van der Waals surface area (Å²) in [5, 5.41) is 0. The Balaban J connectivity index is 2.02. The molecule has 21 heavy (non-hydrogen) atoms. The maximum atomic E-state index is 12.1. The molecule has 0 radical (unpaired) electrons. The standard InChI is InChI=1S/C16H19NO3S/c1-13-12-15(8-9-16(13)20-2)17-21(18,19)11-10-14-6-4-3-5-7-14/h3-9,12,17H,10-11H2,1-2H3. The Morgan fingerprint density at radius 2 is 1.81 bits per heavy atom. The van der Waals surface area contributed by atoms with E-state index >= 15 is 0 Å². The molecular weight excluding hydrogens is 286 g/mol. The van der Waals surface area contributed by atoms with Crippen LogP contribution in [0.5, 0.6) is 5.75 Å². The number of methoxy groups -OCH3 is 1. The van der Waals surface area contributed by atoms with Crippen molar-refractivity contribution in [1.82, 2.24) is 0 Å². The van der Waals surface area contributed by atoms with Gasteiger partial charge in [0, 0.05) is 5.69 Å². The highest BCUT2D eigenvalue weighted by Crippen LogP contribution is 2.22. The summed E-state index contributed by atoms with van der Waals surface area (Å²) in [6, 6.07) is 14.8. The molecular formula is C16H19NO3S. The summed E-state index contributed by atoms with van der Waals surface area (Å²) >= 11 is 0. The van der Waals surface area contributed by atoms with Gasteiger partial charge in [0.05, 0.1) is 12.9 Å². The van der Waals surface area contributed by atoms with Gasteiger partial charge >= 0.3 is 0 Å². The molecule has 0 aliphatic rings. The fourth-order valence-electron chi connectivity index (χ4n) is 2.07. The van der Waals surface area contributed by atoms with E-state index in [4.69, 9.17) is 4.74 Å². The van der Waals surface area contributed by atoms with Gasteiger partial charge in [-0.3, -0.25) is 4.72 Å². The Kier molecular flexibility index (Phi) is 4.85. The van der Waals surface area contributed by atoms with Crippen molar-refractivity contribution >= 4 is 15.7 Å². The van der Waals surface area contributed by atoms with Crippen molar-refractivity contribution < 1.29 is 13.2 Å². The van der Waals surface area contributed by atoms with Gasteiger partial charge in [-0.15, -0.1) is 0 Å². The molecule has 2 aromatic carbocycles. The van der Waals surface area contributed by atoms with Gasteiger partial charge in [-0.05, 0) is 42.7 Å². The molecule has 0 aliphatic carbocycles. The van der Waals surface area contributed by atoms with Crippen molar-refractivity contribution in [2.45, 2.75) is 13.3 Å². The molecule has 112 valence electrons. The Morgan fingerprint density at radius 1 is 1.10 bits per heavy atom. The summed E-state index contributed by atoms with van der Waals surface area (Å²) in [5.41, 5.74) is 2.45. The number of benzene rings is 2. The summed E-state index contributed by atoms with van der Waals surface area (Å²) in [7, 11) is -1.77. The van der Waals surface area contributed by atoms with Crippen LogP contribution in [0.25, 0.3) is 0 Å². The van der Waals surface area contributed by atoms with Crippen LogP contribution in [-0.4, -0.2) is 21.3 Å². The molecule has 4 nitrogen and oxygen atoms in total. The Morgan fingerprint density at radius 3 is 2.43 bits per heavy atom. The molecule has 0 atom stereocenters. The van der Waals surface area contributed by atoms with Gasteiger partial charge in [0.15, 0.2) is 0 Å². The lowest BCUT2D eigenvalue weighted by Gasteiger charge is -2.10. The third kappa shape index (κ3) is 4.49. The number of hydrogen-bond acceptors (Lipinski definition) is 3. The maximum Gasteiger partial charge on any atom is 0.233 e. The Hall–Kier alpha value is -2.01. The third-order valence-electron chi connectivity index (χ3n) is 3.17. The lowest BCUT2D eigenvalue weighted by Crippen LogP contribution is -2.18. The quantitative estimate of drug-likeness (QED) is 0.892. The predicted molar refractivity (Wildman–Crippen MR) is 85.3 cm³/mol. The molecule has 0 saturated heterocycles. The molecule has 2 aromatic rings. The first-order valence-electron chi connectivity index (χ1n) is 6.69. The molecule has 0 bridgehead atoms. The van der Waals surface area contributed by atoms with Crippen LogP contribution in [0, 0.1) is 6.92 Å². The molecule has 0 spiro atoms. The summed E-state index contributed by atoms with van der Waals surface area (Å²) in [5.74, 6) is 0.796. The fourth-order valence-corrected chi connectivity index (χ4v) is 3.16. The lowest BCUT2D eigenvalue weighted by molar-refractivity contribution is 0.412. The van der Waals surface area contributed by atoms with Crippen molar-refractivity contribution in [3.63, 3.8) is 0 Å². The van der Waals surface area contributed by atoms with Crippen molar-refractivity contribution in [2.75, 3.05) is 17.6 Å². The second-order valence-electron chi connectivity index (χ2n) is 4.84. The Labute approximate surface area is 125 Å². The lowest BCUT2D eigenvalue weighted by atomic mass is 10.2. The number of anilines is 1. The fraction of sp³-hybridized carbons (Fsp3) is 0.250. The smallest absolute Gasteiger partial charge is 0.233 e. The second kappa shape index (κ2) is 6.63. The summed E-state index contributed by atoms with van der Waals surface area (Å²) in [6.07, 6.45) is 0.491. The van der Waals surface area contributed by atoms with E-state index in [0.717, 1.165) is 16.9 Å². The molecule has 2 rings (SSSR count). The monoisotopic (exact) mass is 305 g/mol. The van der Waals surface area contributed by atoms with E-state index in [1.807, 2.05) is 37.3 Å². The van der Waals surface area contributed by atoms with Crippen LogP contribution in [0.2, 0.25) is 0 Å². The summed E-state index contributed by atoms with van der Waals surface area (Å²) in [6.45, 7) is 1.88. The minimum absolute atomic E-state index is 0.0576. The van der Waals surface area contributed by atoms with Crippen molar-refractivity contribution in [3.8, 4) is 5.75 Å². The predicted octanol–water partition coefficient (Wildman–Crippen LogP) is 2.99. The molecule has 0 fully saturated rings. The van der Waals surface area contributed by atoms with Crippen LogP contribution in [0.3, 0.4) is 0 Å². The first-order valence-corrected chi connectivity index (χ1v) is 8.34. The number of nitrogens with one attached hydrogen (secondary N) is 1. The van der Waals surface area contributed by atoms with E-state index < -0.39 is 10.0 Å². The van der Waals surface area contributed by atoms with Gasteiger partial charge in [0.25, 0.3) is 0 Å². The first-order chi connectivity index (χ1) is 10.00. The van der Waals surface area contributed by atoms with E-state index in [0.29, 0.717) is 12.1 Å². The zero-order valence-corrected chi connectivity index (χ0v) is 13.0. The largest absolute Gasteiger partial charge is 0.496 e. The molecule has 5 heteroatoms. The third-order valence-corrected chi connectivity index (χ3v) is 4.46. The van der Waals surface area contributed by atoms with Crippen LogP contribution in [0.15, 0.2) is 48.5 Å². The van der Waals surface area contributed by atoms with Crippen LogP contribution in [0.1, 0.15) is 11.1 Å². The van der Waals surface area contributed by atoms with Crippen LogP contribution < -0.4 is 9.46 Å². The topological polar surface area (TPSA) is 55.4 Å². The van der Waals surface area contributed by atoms with Gasteiger partial charge in [0.1, 0.15) is 5.75 Å². The molecule has 0 aliphatic heterocycles. The number of aryl methyl sites for hydroxylation is 2. The summed E-state index contributed by atoms with van der Waals surface area (Å²) in [4.78, 5) is 0. The SMILES string of the molecule is COc1ccc(NS(=O)(=O)CCc2ccccc2)cc1C. The van der Waals surface area contributed by atoms with Gasteiger partial charge in [-0.25, -0.2) is 8.42 Å². The number of sulfonamides is 1. The van der Waals surface area contributed by atoms with Crippen molar-refractivity contribution in [2.24, 2.45) is 0 Å². The molecule has 0 saturated carbocycles. The summed E-state index contributed by atoms with van der Waals surface area (Å²) < 4.78 is 31.9. The minimum Gasteiger partial charge on any atom is -0.496 e. The van der Waals surface area contributed by atoms with E-state index in [9.17, 15) is 8.42 Å². The van der Waals surface area contributed by atoms with E-state index in [1.165, 1.54) is 0 Å². The van der Waals surface area contributed by atoms with E-state index in [2.05, 4.69) is 4.72 Å². The maximum absolute atomic E-state index is 12.1. The first kappa shape index (κ1) is 15.4. The van der Waals surface area contributed by atoms with Crippen molar-refractivity contribution in [3.05, 3.63) is 59.7 Å². The minimum atomic E-state index is -3.36. The zero-order chi connectivity index (χ0) is 15.3. The highest BCUT2D eigenvalue weighted by molar-refractivity contribution is 7.92. The molecule has 1 N–H and O–H groups in total. The van der Waals surface area contributed by atoms with Gasteiger partial charge in [0.2, 0.25) is 10.0 Å². The van der Waals surface area contributed by atoms with Crippen molar-refractivity contribution in [1.29, 1.82) is 0 Å². The molecule has 0 unspecified atom stereocenters. The molecule has 0 heterocycles. The van der Waals surface area contributed by atoms with E-state index in [-0.39, 0.29) is 5.75 Å². The highest BCUT2D eigenvalue weighted by atomic mass is 32.2. The van der Waals surface area contributed by atoms with Gasteiger partial charge in [-0.2, -0.15) is 0 Å². The van der Waals surface area contributed by atoms with Crippen LogP contribution in [-0.2, 0) is 16.4 Å². The van der Waals surface area contributed by atoms with Crippen LogP contribution in [0.4, 0.5) is 5.69 Å². The number of ether oxygens (including phenoxy) is 1. The second-order valence-corrected chi connectivity index (χ2v) is 6.68. The zero-order valence-electron chi connectivity index (χ0n) is 12.2. The average Bonchev–Trinajstić information content (AvgIpc) is 2.46. The van der Waals surface area contributed by atoms with Gasteiger partial charge < -0.3 is 4.74 Å². The highest BCUT2D eigenvalue weighted by Gasteiger charge is 2.11. The molecule has 0 amide bonds. The number of rotatable bonds is 6. The Bertz CT molecular complexity index is 697. The van der Waals surface area contributed by atoms with Gasteiger partial charge in [-0.1, -0.05) is 30.3 Å². The van der Waals surface area contributed by atoms with Crippen LogP contribution >= 0.6 is 0 Å². The van der Waals surface area contributed by atoms with E-state index in [1.54, 1.807) is 25.3 Å². The number of hydrogen-bond donors (Lipinski definition) is 1. The molecule has 0 aromatic heterocycles. The average molecular weight is 305 g/mol.